The monoisotopic (exact) mass is 308 g/mol. The van der Waals surface area contributed by atoms with Gasteiger partial charge >= 0.3 is 0 Å². The van der Waals surface area contributed by atoms with E-state index < -0.39 is 0 Å². The lowest BCUT2D eigenvalue weighted by Gasteiger charge is -1.95. The van der Waals surface area contributed by atoms with Crippen molar-refractivity contribution in [2.24, 2.45) is 0 Å². The molecule has 0 unspecified atom stereocenters. The summed E-state index contributed by atoms with van der Waals surface area (Å²) in [6.07, 6.45) is 4.18. The van der Waals surface area contributed by atoms with Crippen LogP contribution in [0.25, 0.3) is 17.5 Å². The largest absolute Gasteiger partial charge is 0.411 e. The van der Waals surface area contributed by atoms with Crippen molar-refractivity contribution in [1.82, 2.24) is 10.2 Å². The first-order valence-corrected chi connectivity index (χ1v) is 8.05. The summed E-state index contributed by atoms with van der Waals surface area (Å²) >= 11 is 1.53. The smallest absolute Gasteiger partial charge is 0.277 e. The number of rotatable bonds is 5. The number of aryl methyl sites for hydroxylation is 1. The fourth-order valence-corrected chi connectivity index (χ4v) is 2.60. The Bertz CT molecular complexity index is 766. The van der Waals surface area contributed by atoms with Gasteiger partial charge in [-0.2, -0.15) is 0 Å². The van der Waals surface area contributed by atoms with Crippen LogP contribution in [0.4, 0.5) is 0 Å². The predicted molar refractivity (Wildman–Crippen MR) is 90.7 cm³/mol. The third-order valence-corrected chi connectivity index (χ3v) is 3.86. The number of thioether (sulfide) groups is 1. The zero-order valence-electron chi connectivity index (χ0n) is 12.3. The average molecular weight is 308 g/mol. The number of benzene rings is 2. The zero-order valence-corrected chi connectivity index (χ0v) is 13.1. The highest BCUT2D eigenvalue weighted by Gasteiger charge is 2.08. The van der Waals surface area contributed by atoms with Gasteiger partial charge in [0, 0.05) is 11.3 Å². The minimum Gasteiger partial charge on any atom is -0.411 e. The fourth-order valence-electron chi connectivity index (χ4n) is 2.03. The van der Waals surface area contributed by atoms with Gasteiger partial charge in [-0.1, -0.05) is 71.9 Å². The summed E-state index contributed by atoms with van der Waals surface area (Å²) in [7, 11) is 0. The molecule has 0 saturated carbocycles. The topological polar surface area (TPSA) is 38.9 Å². The first kappa shape index (κ1) is 14.6. The van der Waals surface area contributed by atoms with Gasteiger partial charge in [0.05, 0.1) is 0 Å². The summed E-state index contributed by atoms with van der Waals surface area (Å²) in [5.74, 6) is 1.36. The summed E-state index contributed by atoms with van der Waals surface area (Å²) in [5.41, 5.74) is 3.32. The molecule has 0 N–H and O–H groups in total. The van der Waals surface area contributed by atoms with Crippen LogP contribution in [-0.2, 0) is 0 Å². The standard InChI is InChI=1S/C18H16N2OS/c1-14-7-5-11-16(13-14)17-19-20-18(21-17)22-12-6-10-15-8-3-2-4-9-15/h2-11,13H,12H2,1H3/b10-6+. The highest BCUT2D eigenvalue weighted by molar-refractivity contribution is 7.99. The van der Waals surface area contributed by atoms with Crippen molar-refractivity contribution in [1.29, 1.82) is 0 Å². The van der Waals surface area contributed by atoms with Crippen molar-refractivity contribution >= 4 is 17.8 Å². The lowest BCUT2D eigenvalue weighted by molar-refractivity contribution is 0.466. The molecule has 1 aromatic heterocycles. The summed E-state index contributed by atoms with van der Waals surface area (Å²) in [6, 6.07) is 18.3. The molecule has 4 heteroatoms. The van der Waals surface area contributed by atoms with Gasteiger partial charge in [-0.25, -0.2) is 0 Å². The SMILES string of the molecule is Cc1cccc(-c2nnc(SC/C=C/c3ccccc3)o2)c1. The molecule has 3 nitrogen and oxygen atoms in total. The Balaban J connectivity index is 1.59. The number of hydrogen-bond acceptors (Lipinski definition) is 4. The van der Waals surface area contributed by atoms with Gasteiger partial charge in [-0.05, 0) is 24.6 Å². The van der Waals surface area contributed by atoms with E-state index in [1.54, 1.807) is 0 Å². The van der Waals surface area contributed by atoms with Gasteiger partial charge in [0.1, 0.15) is 0 Å². The van der Waals surface area contributed by atoms with E-state index in [9.17, 15) is 0 Å². The molecule has 2 aromatic carbocycles. The molecule has 0 fully saturated rings. The molecule has 0 aliphatic rings. The molecule has 1 heterocycles. The second-order valence-corrected chi connectivity index (χ2v) is 5.84. The van der Waals surface area contributed by atoms with Crippen LogP contribution < -0.4 is 0 Å². The molecular formula is C18H16N2OS. The zero-order chi connectivity index (χ0) is 15.2. The van der Waals surface area contributed by atoms with E-state index >= 15 is 0 Å². The van der Waals surface area contributed by atoms with E-state index in [-0.39, 0.29) is 0 Å². The van der Waals surface area contributed by atoms with Gasteiger partial charge in [-0.3, -0.25) is 0 Å². The molecule has 0 atom stereocenters. The first-order valence-electron chi connectivity index (χ1n) is 7.06. The average Bonchev–Trinajstić information content (AvgIpc) is 3.02. The lowest BCUT2D eigenvalue weighted by atomic mass is 10.1. The molecule has 0 aliphatic carbocycles. The Morgan fingerprint density at radius 3 is 2.73 bits per heavy atom. The van der Waals surface area contributed by atoms with Crippen molar-refractivity contribution in [3.05, 3.63) is 71.8 Å². The van der Waals surface area contributed by atoms with Gasteiger partial charge in [0.25, 0.3) is 5.22 Å². The van der Waals surface area contributed by atoms with Gasteiger partial charge in [0.15, 0.2) is 0 Å². The maximum absolute atomic E-state index is 5.68. The van der Waals surface area contributed by atoms with E-state index in [0.717, 1.165) is 11.3 Å². The van der Waals surface area contributed by atoms with Crippen LogP contribution in [0, 0.1) is 6.92 Å². The predicted octanol–water partition coefficient (Wildman–Crippen LogP) is 4.85. The molecule has 0 spiro atoms. The Morgan fingerprint density at radius 2 is 1.91 bits per heavy atom. The van der Waals surface area contributed by atoms with Crippen LogP contribution >= 0.6 is 11.8 Å². The number of hydrogen-bond donors (Lipinski definition) is 0. The van der Waals surface area contributed by atoms with Crippen molar-refractivity contribution in [2.75, 3.05) is 5.75 Å². The van der Waals surface area contributed by atoms with Crippen LogP contribution in [0.1, 0.15) is 11.1 Å². The number of aromatic nitrogens is 2. The summed E-state index contributed by atoms with van der Waals surface area (Å²) in [4.78, 5) is 0. The Kier molecular flexibility index (Phi) is 4.71. The van der Waals surface area contributed by atoms with Crippen LogP contribution in [-0.4, -0.2) is 16.0 Å². The molecule has 0 radical (unpaired) electrons. The highest BCUT2D eigenvalue weighted by atomic mass is 32.2. The molecule has 110 valence electrons. The molecule has 0 aliphatic heterocycles. The van der Waals surface area contributed by atoms with E-state index in [1.165, 1.54) is 22.9 Å². The van der Waals surface area contributed by atoms with E-state index in [4.69, 9.17) is 4.42 Å². The molecule has 0 bridgehead atoms. The minimum atomic E-state index is 0.568. The summed E-state index contributed by atoms with van der Waals surface area (Å²) in [6.45, 7) is 2.05. The summed E-state index contributed by atoms with van der Waals surface area (Å²) in [5, 5.41) is 8.77. The molecule has 3 aromatic rings. The third-order valence-electron chi connectivity index (χ3n) is 3.08. The highest BCUT2D eigenvalue weighted by Crippen LogP contribution is 2.23. The Morgan fingerprint density at radius 1 is 1.05 bits per heavy atom. The maximum atomic E-state index is 5.68. The quantitative estimate of drug-likeness (QED) is 0.632. The second-order valence-electron chi connectivity index (χ2n) is 4.87. The van der Waals surface area contributed by atoms with Crippen molar-refractivity contribution in [3.8, 4) is 11.5 Å². The Hall–Kier alpha value is -2.33. The maximum Gasteiger partial charge on any atom is 0.277 e. The molecule has 0 saturated heterocycles. The second kappa shape index (κ2) is 7.09. The third kappa shape index (κ3) is 3.86. The van der Waals surface area contributed by atoms with Crippen LogP contribution in [0.3, 0.4) is 0 Å². The number of nitrogens with zero attached hydrogens (tertiary/aromatic N) is 2. The van der Waals surface area contributed by atoms with Crippen LogP contribution in [0.15, 0.2) is 70.3 Å². The fraction of sp³-hybridized carbons (Fsp3) is 0.111. The van der Waals surface area contributed by atoms with Gasteiger partial charge in [-0.15, -0.1) is 10.2 Å². The molecule has 3 rings (SSSR count). The normalized spacial score (nSPS) is 11.1. The van der Waals surface area contributed by atoms with E-state index in [1.807, 2.05) is 49.4 Å². The van der Waals surface area contributed by atoms with E-state index in [2.05, 4.69) is 34.5 Å². The Labute approximate surface area is 134 Å². The van der Waals surface area contributed by atoms with Crippen molar-refractivity contribution in [2.45, 2.75) is 12.1 Å². The molecule has 22 heavy (non-hydrogen) atoms. The van der Waals surface area contributed by atoms with E-state index in [0.29, 0.717) is 11.1 Å². The van der Waals surface area contributed by atoms with Gasteiger partial charge < -0.3 is 4.42 Å². The lowest BCUT2D eigenvalue weighted by Crippen LogP contribution is -1.78. The summed E-state index contributed by atoms with van der Waals surface area (Å²) < 4.78 is 5.68. The van der Waals surface area contributed by atoms with Gasteiger partial charge in [0.2, 0.25) is 5.89 Å². The molecular weight excluding hydrogens is 292 g/mol. The molecule has 0 amide bonds. The van der Waals surface area contributed by atoms with Crippen LogP contribution in [0.5, 0.6) is 0 Å². The minimum absolute atomic E-state index is 0.568. The van der Waals surface area contributed by atoms with Crippen molar-refractivity contribution < 1.29 is 4.42 Å². The van der Waals surface area contributed by atoms with Crippen LogP contribution in [0.2, 0.25) is 0 Å². The first-order chi connectivity index (χ1) is 10.8. The van der Waals surface area contributed by atoms with Crippen molar-refractivity contribution in [3.63, 3.8) is 0 Å².